The van der Waals surface area contributed by atoms with E-state index in [4.69, 9.17) is 0 Å². The summed E-state index contributed by atoms with van der Waals surface area (Å²) in [6, 6.07) is 10.3. The van der Waals surface area contributed by atoms with Gasteiger partial charge in [-0.15, -0.1) is 13.2 Å². The fourth-order valence-corrected chi connectivity index (χ4v) is 2.09. The largest absolute Gasteiger partial charge is 0.396 e. The van der Waals surface area contributed by atoms with Crippen LogP contribution in [0.3, 0.4) is 0 Å². The van der Waals surface area contributed by atoms with Crippen molar-refractivity contribution in [2.45, 2.75) is 6.42 Å². The van der Waals surface area contributed by atoms with Crippen LogP contribution in [0.2, 0.25) is 0 Å². The highest BCUT2D eigenvalue weighted by Gasteiger charge is 2.12. The molecule has 98 valence electrons. The molecule has 0 spiro atoms. The number of hydrogen-bond donors (Lipinski definition) is 1. The summed E-state index contributed by atoms with van der Waals surface area (Å²) >= 11 is 0. The summed E-state index contributed by atoms with van der Waals surface area (Å²) in [7, 11) is 0. The van der Waals surface area contributed by atoms with Gasteiger partial charge in [0.15, 0.2) is 0 Å². The minimum absolute atomic E-state index is 0.208. The zero-order valence-electron chi connectivity index (χ0n) is 11.0. The van der Waals surface area contributed by atoms with E-state index < -0.39 is 0 Å². The van der Waals surface area contributed by atoms with Crippen LogP contribution in [0.4, 0.5) is 0 Å². The lowest BCUT2D eigenvalue weighted by molar-refractivity contribution is 0.178. The Balaban J connectivity index is 2.54. The van der Waals surface area contributed by atoms with Crippen LogP contribution in [0.25, 0.3) is 0 Å². The molecule has 0 saturated carbocycles. The lowest BCUT2D eigenvalue weighted by Crippen LogP contribution is -2.32. The van der Waals surface area contributed by atoms with E-state index in [0.29, 0.717) is 0 Å². The Hall–Kier alpha value is -1.38. The van der Waals surface area contributed by atoms with Crippen LogP contribution in [0.1, 0.15) is 5.56 Å². The Labute approximate surface area is 110 Å². The molecular formula is C16H23NO. The fourth-order valence-electron chi connectivity index (χ4n) is 2.09. The van der Waals surface area contributed by atoms with Gasteiger partial charge in [0.05, 0.1) is 0 Å². The van der Waals surface area contributed by atoms with Crippen molar-refractivity contribution in [1.82, 2.24) is 4.90 Å². The number of benzene rings is 1. The zero-order valence-corrected chi connectivity index (χ0v) is 11.0. The van der Waals surface area contributed by atoms with E-state index in [9.17, 15) is 5.11 Å². The first-order valence-electron chi connectivity index (χ1n) is 6.39. The van der Waals surface area contributed by atoms with Crippen LogP contribution in [0.5, 0.6) is 0 Å². The van der Waals surface area contributed by atoms with E-state index in [1.54, 1.807) is 0 Å². The summed E-state index contributed by atoms with van der Waals surface area (Å²) in [5.41, 5.74) is 1.27. The van der Waals surface area contributed by atoms with Gasteiger partial charge in [0.1, 0.15) is 0 Å². The van der Waals surface area contributed by atoms with E-state index in [1.807, 2.05) is 30.4 Å². The minimum Gasteiger partial charge on any atom is -0.396 e. The van der Waals surface area contributed by atoms with Gasteiger partial charge in [-0.05, 0) is 17.9 Å². The van der Waals surface area contributed by atoms with Crippen molar-refractivity contribution < 1.29 is 5.11 Å². The Morgan fingerprint density at radius 1 is 1.11 bits per heavy atom. The second-order valence-electron chi connectivity index (χ2n) is 4.53. The molecule has 18 heavy (non-hydrogen) atoms. The summed E-state index contributed by atoms with van der Waals surface area (Å²) in [6.07, 6.45) is 4.68. The molecule has 0 bridgehead atoms. The van der Waals surface area contributed by atoms with Crippen LogP contribution in [-0.2, 0) is 6.42 Å². The van der Waals surface area contributed by atoms with Crippen molar-refractivity contribution in [1.29, 1.82) is 0 Å². The van der Waals surface area contributed by atoms with Crippen molar-refractivity contribution in [2.24, 2.45) is 5.92 Å². The first kappa shape index (κ1) is 14.7. The average molecular weight is 245 g/mol. The Morgan fingerprint density at radius 3 is 2.22 bits per heavy atom. The van der Waals surface area contributed by atoms with E-state index >= 15 is 0 Å². The third-order valence-electron chi connectivity index (χ3n) is 2.92. The zero-order chi connectivity index (χ0) is 13.2. The summed E-state index contributed by atoms with van der Waals surface area (Å²) in [4.78, 5) is 2.24. The first-order chi connectivity index (χ1) is 8.80. The summed E-state index contributed by atoms with van der Waals surface area (Å²) in [5, 5.41) is 9.49. The van der Waals surface area contributed by atoms with Gasteiger partial charge < -0.3 is 5.11 Å². The maximum atomic E-state index is 9.49. The normalized spacial score (nSPS) is 12.3. The van der Waals surface area contributed by atoms with Gasteiger partial charge in [-0.25, -0.2) is 0 Å². The van der Waals surface area contributed by atoms with Crippen molar-refractivity contribution >= 4 is 0 Å². The third kappa shape index (κ3) is 5.30. The minimum atomic E-state index is 0.208. The van der Waals surface area contributed by atoms with Crippen molar-refractivity contribution in [2.75, 3.05) is 26.2 Å². The highest BCUT2D eigenvalue weighted by Crippen LogP contribution is 2.10. The van der Waals surface area contributed by atoms with E-state index in [0.717, 1.165) is 26.1 Å². The lowest BCUT2D eigenvalue weighted by atomic mass is 9.99. The van der Waals surface area contributed by atoms with E-state index in [2.05, 4.69) is 30.2 Å². The van der Waals surface area contributed by atoms with Gasteiger partial charge in [-0.2, -0.15) is 0 Å². The Morgan fingerprint density at radius 2 is 1.72 bits per heavy atom. The predicted octanol–water partition coefficient (Wildman–Crippen LogP) is 2.51. The summed E-state index contributed by atoms with van der Waals surface area (Å²) in [6.45, 7) is 10.3. The van der Waals surface area contributed by atoms with Crippen LogP contribution in [0, 0.1) is 5.92 Å². The Bertz CT molecular complexity index is 337. The second kappa shape index (κ2) is 8.67. The van der Waals surface area contributed by atoms with Crippen LogP contribution < -0.4 is 0 Å². The van der Waals surface area contributed by atoms with Gasteiger partial charge in [0.25, 0.3) is 0 Å². The molecule has 2 heteroatoms. The van der Waals surface area contributed by atoms with E-state index in [1.165, 1.54) is 5.56 Å². The number of rotatable bonds is 9. The average Bonchev–Trinajstić information content (AvgIpc) is 2.39. The van der Waals surface area contributed by atoms with Crippen LogP contribution in [-0.4, -0.2) is 36.2 Å². The second-order valence-corrected chi connectivity index (χ2v) is 4.53. The molecule has 0 aliphatic heterocycles. The molecule has 1 aromatic carbocycles. The molecule has 0 saturated heterocycles. The molecule has 1 rings (SSSR count). The molecule has 1 aromatic rings. The highest BCUT2D eigenvalue weighted by molar-refractivity contribution is 5.15. The van der Waals surface area contributed by atoms with Gasteiger partial charge in [-0.1, -0.05) is 42.5 Å². The van der Waals surface area contributed by atoms with E-state index in [-0.39, 0.29) is 12.5 Å². The molecule has 0 radical (unpaired) electrons. The SMILES string of the molecule is C=CCN(CC=C)C[C@H](CO)Cc1ccccc1. The number of nitrogens with zero attached hydrogens (tertiary/aromatic N) is 1. The molecule has 1 atom stereocenters. The van der Waals surface area contributed by atoms with Gasteiger partial charge in [-0.3, -0.25) is 4.90 Å². The molecule has 0 amide bonds. The molecule has 0 aliphatic carbocycles. The lowest BCUT2D eigenvalue weighted by Gasteiger charge is -2.24. The molecule has 0 aliphatic rings. The van der Waals surface area contributed by atoms with Crippen molar-refractivity contribution in [3.05, 3.63) is 61.2 Å². The molecular weight excluding hydrogens is 222 g/mol. The molecule has 0 unspecified atom stereocenters. The fraction of sp³-hybridized carbons (Fsp3) is 0.375. The van der Waals surface area contributed by atoms with Gasteiger partial charge in [0.2, 0.25) is 0 Å². The molecule has 2 nitrogen and oxygen atoms in total. The smallest absolute Gasteiger partial charge is 0.0474 e. The van der Waals surface area contributed by atoms with Crippen molar-refractivity contribution in [3.8, 4) is 0 Å². The third-order valence-corrected chi connectivity index (χ3v) is 2.92. The molecule has 1 N–H and O–H groups in total. The Kier molecular flexibility index (Phi) is 7.07. The standard InChI is InChI=1S/C16H23NO/c1-3-10-17(11-4-2)13-16(14-18)12-15-8-6-5-7-9-15/h3-9,16,18H,1-2,10-14H2/t16-/m1/s1. The summed E-state index contributed by atoms with van der Waals surface area (Å²) in [5.74, 6) is 0.257. The van der Waals surface area contributed by atoms with Crippen molar-refractivity contribution in [3.63, 3.8) is 0 Å². The highest BCUT2D eigenvalue weighted by atomic mass is 16.3. The number of aliphatic hydroxyl groups excluding tert-OH is 1. The van der Waals surface area contributed by atoms with Gasteiger partial charge >= 0.3 is 0 Å². The molecule has 0 heterocycles. The van der Waals surface area contributed by atoms with Crippen LogP contribution in [0.15, 0.2) is 55.6 Å². The molecule has 0 fully saturated rings. The maximum absolute atomic E-state index is 9.49. The predicted molar refractivity (Wildman–Crippen MR) is 77.6 cm³/mol. The number of aliphatic hydroxyl groups is 1. The maximum Gasteiger partial charge on any atom is 0.0474 e. The van der Waals surface area contributed by atoms with Crippen LogP contribution >= 0.6 is 0 Å². The number of hydrogen-bond acceptors (Lipinski definition) is 2. The monoisotopic (exact) mass is 245 g/mol. The first-order valence-corrected chi connectivity index (χ1v) is 6.39. The van der Waals surface area contributed by atoms with Gasteiger partial charge in [0, 0.05) is 26.2 Å². The molecule has 0 aromatic heterocycles. The quantitative estimate of drug-likeness (QED) is 0.676. The topological polar surface area (TPSA) is 23.5 Å². The summed E-state index contributed by atoms with van der Waals surface area (Å²) < 4.78 is 0.